The molecule has 2 atom stereocenters. The van der Waals surface area contributed by atoms with Crippen molar-refractivity contribution in [1.82, 2.24) is 10.6 Å². The Morgan fingerprint density at radius 1 is 1.82 bits per heavy atom. The molecule has 1 amide bonds. The third-order valence-corrected chi connectivity index (χ3v) is 2.63. The second-order valence-corrected chi connectivity index (χ2v) is 3.66. The van der Waals surface area contributed by atoms with Crippen LogP contribution in [0.15, 0.2) is 0 Å². The third-order valence-electron chi connectivity index (χ3n) is 1.53. The number of halogens is 1. The van der Waals surface area contributed by atoms with Gasteiger partial charge in [0.15, 0.2) is 0 Å². The van der Waals surface area contributed by atoms with Crippen LogP contribution in [0.4, 0.5) is 0 Å². The number of carbonyl (C=O) groups is 1. The van der Waals surface area contributed by atoms with Gasteiger partial charge in [0, 0.05) is 18.3 Å². The molecule has 2 N–H and O–H groups in total. The summed E-state index contributed by atoms with van der Waals surface area (Å²) in [6.07, 6.45) is 2.43. The standard InChI is InChI=1S/C6H11ClN2OS/c1-11-6-8-4(3-7)2-5(10)9-6/h4,6,8H,2-3H2,1H3,(H,9,10). The second kappa shape index (κ2) is 4.18. The number of nitrogens with one attached hydrogen (secondary N) is 2. The zero-order chi connectivity index (χ0) is 8.27. The molecular weight excluding hydrogens is 184 g/mol. The Morgan fingerprint density at radius 2 is 2.55 bits per heavy atom. The van der Waals surface area contributed by atoms with Crippen LogP contribution in [-0.2, 0) is 4.79 Å². The number of thioether (sulfide) groups is 1. The highest BCUT2D eigenvalue weighted by Gasteiger charge is 2.23. The second-order valence-electron chi connectivity index (χ2n) is 2.41. The highest BCUT2D eigenvalue weighted by Crippen LogP contribution is 2.09. The molecule has 0 aromatic carbocycles. The number of hydrogen-bond donors (Lipinski definition) is 2. The molecule has 1 rings (SSSR count). The summed E-state index contributed by atoms with van der Waals surface area (Å²) in [5, 5.41) is 5.97. The molecule has 1 aliphatic rings. The minimum atomic E-state index is 0.0278. The molecule has 11 heavy (non-hydrogen) atoms. The average molecular weight is 195 g/mol. The maximum Gasteiger partial charge on any atom is 0.223 e. The van der Waals surface area contributed by atoms with E-state index in [1.165, 1.54) is 0 Å². The van der Waals surface area contributed by atoms with Gasteiger partial charge in [0.25, 0.3) is 0 Å². The van der Waals surface area contributed by atoms with E-state index in [0.717, 1.165) is 0 Å². The van der Waals surface area contributed by atoms with Gasteiger partial charge in [0.1, 0.15) is 5.50 Å². The smallest absolute Gasteiger partial charge is 0.223 e. The van der Waals surface area contributed by atoms with Crippen molar-refractivity contribution in [3.8, 4) is 0 Å². The van der Waals surface area contributed by atoms with E-state index in [2.05, 4.69) is 10.6 Å². The molecule has 0 aromatic rings. The molecule has 1 heterocycles. The lowest BCUT2D eigenvalue weighted by molar-refractivity contribution is -0.123. The van der Waals surface area contributed by atoms with Gasteiger partial charge in [-0.2, -0.15) is 0 Å². The van der Waals surface area contributed by atoms with Gasteiger partial charge in [-0.05, 0) is 6.26 Å². The van der Waals surface area contributed by atoms with Crippen LogP contribution >= 0.6 is 23.4 Å². The summed E-state index contributed by atoms with van der Waals surface area (Å²) in [5.41, 5.74) is 0.0278. The quantitative estimate of drug-likeness (QED) is 0.624. The summed E-state index contributed by atoms with van der Waals surface area (Å²) < 4.78 is 0. The van der Waals surface area contributed by atoms with Gasteiger partial charge in [0.05, 0.1) is 0 Å². The Hall–Kier alpha value is 0.0700. The topological polar surface area (TPSA) is 41.1 Å². The molecule has 3 nitrogen and oxygen atoms in total. The highest BCUT2D eigenvalue weighted by atomic mass is 35.5. The van der Waals surface area contributed by atoms with Crippen molar-refractivity contribution in [2.45, 2.75) is 18.0 Å². The van der Waals surface area contributed by atoms with Gasteiger partial charge in [0.2, 0.25) is 5.91 Å². The molecular formula is C6H11ClN2OS. The molecule has 5 heteroatoms. The van der Waals surface area contributed by atoms with Gasteiger partial charge in [-0.3, -0.25) is 10.1 Å². The van der Waals surface area contributed by atoms with E-state index in [9.17, 15) is 4.79 Å². The fraction of sp³-hybridized carbons (Fsp3) is 0.833. The maximum absolute atomic E-state index is 11.0. The van der Waals surface area contributed by atoms with Crippen LogP contribution in [0, 0.1) is 0 Å². The Morgan fingerprint density at radius 3 is 3.09 bits per heavy atom. The van der Waals surface area contributed by atoms with Gasteiger partial charge in [-0.15, -0.1) is 23.4 Å². The number of carbonyl (C=O) groups excluding carboxylic acids is 1. The van der Waals surface area contributed by atoms with E-state index in [1.807, 2.05) is 6.26 Å². The number of amides is 1. The largest absolute Gasteiger partial charge is 0.332 e. The SMILES string of the molecule is CSC1NC(=O)CC(CCl)N1. The van der Waals surface area contributed by atoms with Crippen LogP contribution in [0.25, 0.3) is 0 Å². The fourth-order valence-corrected chi connectivity index (χ4v) is 1.75. The van der Waals surface area contributed by atoms with Crippen LogP contribution in [0.2, 0.25) is 0 Å². The van der Waals surface area contributed by atoms with Gasteiger partial charge >= 0.3 is 0 Å². The number of rotatable bonds is 2. The van der Waals surface area contributed by atoms with Crippen molar-refractivity contribution < 1.29 is 4.79 Å². The van der Waals surface area contributed by atoms with Crippen molar-refractivity contribution in [1.29, 1.82) is 0 Å². The lowest BCUT2D eigenvalue weighted by Crippen LogP contribution is -2.55. The number of hydrogen-bond acceptors (Lipinski definition) is 3. The van der Waals surface area contributed by atoms with Crippen molar-refractivity contribution in [2.75, 3.05) is 12.1 Å². The molecule has 0 spiro atoms. The Kier molecular flexibility index (Phi) is 3.48. The van der Waals surface area contributed by atoms with E-state index >= 15 is 0 Å². The zero-order valence-corrected chi connectivity index (χ0v) is 7.84. The predicted molar refractivity (Wildman–Crippen MR) is 47.7 cm³/mol. The maximum atomic E-state index is 11.0. The first-order chi connectivity index (χ1) is 5.26. The normalized spacial score (nSPS) is 31.6. The molecule has 64 valence electrons. The summed E-state index contributed by atoms with van der Waals surface area (Å²) in [6.45, 7) is 0. The highest BCUT2D eigenvalue weighted by molar-refractivity contribution is 7.99. The monoisotopic (exact) mass is 194 g/mol. The molecule has 0 bridgehead atoms. The Labute approximate surface area is 75.2 Å². The summed E-state index contributed by atoms with van der Waals surface area (Å²) in [4.78, 5) is 11.0. The predicted octanol–water partition coefficient (Wildman–Crippen LogP) is 0.350. The van der Waals surface area contributed by atoms with Crippen LogP contribution < -0.4 is 10.6 Å². The first-order valence-corrected chi connectivity index (χ1v) is 5.22. The molecule has 0 aliphatic carbocycles. The van der Waals surface area contributed by atoms with E-state index in [0.29, 0.717) is 12.3 Å². The first-order valence-electron chi connectivity index (χ1n) is 3.40. The van der Waals surface area contributed by atoms with Gasteiger partial charge in [-0.25, -0.2) is 0 Å². The third kappa shape index (κ3) is 2.54. The van der Waals surface area contributed by atoms with Gasteiger partial charge in [-0.1, -0.05) is 0 Å². The first kappa shape index (κ1) is 9.16. The lowest BCUT2D eigenvalue weighted by Gasteiger charge is -2.28. The summed E-state index contributed by atoms with van der Waals surface area (Å²) >= 11 is 7.18. The van der Waals surface area contributed by atoms with E-state index in [1.54, 1.807) is 11.8 Å². The minimum Gasteiger partial charge on any atom is -0.332 e. The van der Waals surface area contributed by atoms with Crippen LogP contribution in [0.5, 0.6) is 0 Å². The summed E-state index contributed by atoms with van der Waals surface area (Å²) in [5.74, 6) is 0.568. The van der Waals surface area contributed by atoms with E-state index in [4.69, 9.17) is 11.6 Å². The van der Waals surface area contributed by atoms with Crippen molar-refractivity contribution in [3.63, 3.8) is 0 Å². The zero-order valence-electron chi connectivity index (χ0n) is 6.26. The van der Waals surface area contributed by atoms with Gasteiger partial charge < -0.3 is 5.32 Å². The molecule has 0 aromatic heterocycles. The number of alkyl halides is 1. The molecule has 1 saturated heterocycles. The van der Waals surface area contributed by atoms with Crippen LogP contribution in [0.1, 0.15) is 6.42 Å². The average Bonchev–Trinajstić information content (AvgIpc) is 2.03. The van der Waals surface area contributed by atoms with E-state index in [-0.39, 0.29) is 17.4 Å². The summed E-state index contributed by atoms with van der Waals surface area (Å²) in [7, 11) is 0. The minimum absolute atomic E-state index is 0.0278. The van der Waals surface area contributed by atoms with Crippen molar-refractivity contribution >= 4 is 29.3 Å². The Bertz CT molecular complexity index is 142. The van der Waals surface area contributed by atoms with Crippen LogP contribution in [-0.4, -0.2) is 29.6 Å². The van der Waals surface area contributed by atoms with Crippen LogP contribution in [0.3, 0.4) is 0 Å². The van der Waals surface area contributed by atoms with Crippen molar-refractivity contribution in [2.24, 2.45) is 0 Å². The van der Waals surface area contributed by atoms with Crippen molar-refractivity contribution in [3.05, 3.63) is 0 Å². The Balaban J connectivity index is 2.43. The molecule has 0 saturated carbocycles. The lowest BCUT2D eigenvalue weighted by atomic mass is 10.2. The van der Waals surface area contributed by atoms with E-state index < -0.39 is 0 Å². The molecule has 1 aliphatic heterocycles. The fourth-order valence-electron chi connectivity index (χ4n) is 0.970. The summed E-state index contributed by atoms with van der Waals surface area (Å²) in [6, 6.07) is 0.128. The molecule has 1 fully saturated rings. The molecule has 0 radical (unpaired) electrons. The molecule has 2 unspecified atom stereocenters.